The van der Waals surface area contributed by atoms with E-state index in [0.717, 1.165) is 34.5 Å². The van der Waals surface area contributed by atoms with E-state index >= 15 is 0 Å². The Hall–Kier alpha value is -1.67. The number of aromatic nitrogens is 2. The van der Waals surface area contributed by atoms with Crippen molar-refractivity contribution >= 4 is 45.1 Å². The van der Waals surface area contributed by atoms with Crippen LogP contribution in [0.4, 0.5) is 0 Å². The van der Waals surface area contributed by atoms with Crippen molar-refractivity contribution in [2.75, 3.05) is 12.3 Å². The van der Waals surface area contributed by atoms with Gasteiger partial charge in [0.2, 0.25) is 11.8 Å². The molecule has 2 N–H and O–H groups in total. The molecule has 0 saturated heterocycles. The highest BCUT2D eigenvalue weighted by atomic mass is 32.2. The molecule has 140 valence electrons. The van der Waals surface area contributed by atoms with Gasteiger partial charge >= 0.3 is 0 Å². The molecular formula is C18H24N4O2S2. The smallest absolute Gasteiger partial charge is 0.242 e. The molecule has 2 heterocycles. The Morgan fingerprint density at radius 2 is 2.12 bits per heavy atom. The Morgan fingerprint density at radius 1 is 1.31 bits per heavy atom. The molecule has 0 saturated carbocycles. The lowest BCUT2D eigenvalue weighted by molar-refractivity contribution is -0.127. The number of rotatable bonds is 7. The fraction of sp³-hybridized carbons (Fsp3) is 0.556. The number of carbonyl (C=O) groups excluding carboxylic acids is 2. The van der Waals surface area contributed by atoms with Gasteiger partial charge in [-0.05, 0) is 44.6 Å². The van der Waals surface area contributed by atoms with Crippen LogP contribution in [0.2, 0.25) is 0 Å². The molecule has 0 fully saturated rings. The van der Waals surface area contributed by atoms with E-state index in [9.17, 15) is 9.59 Å². The van der Waals surface area contributed by atoms with E-state index in [0.29, 0.717) is 6.54 Å². The van der Waals surface area contributed by atoms with Crippen LogP contribution < -0.4 is 10.6 Å². The Bertz CT molecular complexity index is 806. The first kappa shape index (κ1) is 19.1. The second-order valence-corrected chi connectivity index (χ2v) is 8.49. The summed E-state index contributed by atoms with van der Waals surface area (Å²) in [7, 11) is 0. The third-order valence-electron chi connectivity index (χ3n) is 4.38. The Labute approximate surface area is 161 Å². The largest absolute Gasteiger partial charge is 0.354 e. The van der Waals surface area contributed by atoms with Crippen LogP contribution in [0.3, 0.4) is 0 Å². The molecule has 0 spiro atoms. The molecule has 0 aromatic carbocycles. The zero-order valence-electron chi connectivity index (χ0n) is 15.1. The van der Waals surface area contributed by atoms with E-state index in [4.69, 9.17) is 0 Å². The van der Waals surface area contributed by atoms with Crippen LogP contribution in [0, 0.1) is 0 Å². The first-order chi connectivity index (χ1) is 12.6. The number of hydrogen-bond acceptors (Lipinski definition) is 6. The summed E-state index contributed by atoms with van der Waals surface area (Å²) in [4.78, 5) is 35.3. The van der Waals surface area contributed by atoms with E-state index in [1.54, 1.807) is 24.6 Å². The van der Waals surface area contributed by atoms with Crippen LogP contribution in [-0.2, 0) is 22.4 Å². The second kappa shape index (κ2) is 8.81. The summed E-state index contributed by atoms with van der Waals surface area (Å²) in [6.45, 7) is 4.31. The molecule has 0 bridgehead atoms. The third kappa shape index (κ3) is 4.35. The number of nitrogens with zero attached hydrogens (tertiary/aromatic N) is 2. The van der Waals surface area contributed by atoms with Crippen molar-refractivity contribution in [3.63, 3.8) is 0 Å². The number of carbonyl (C=O) groups is 2. The van der Waals surface area contributed by atoms with Gasteiger partial charge in [-0.15, -0.1) is 11.3 Å². The Kier molecular flexibility index (Phi) is 6.48. The van der Waals surface area contributed by atoms with Crippen LogP contribution in [0.5, 0.6) is 0 Å². The van der Waals surface area contributed by atoms with Crippen molar-refractivity contribution in [3.05, 3.63) is 16.8 Å². The molecule has 0 unspecified atom stereocenters. The Balaban J connectivity index is 1.63. The molecular weight excluding hydrogens is 368 g/mol. The summed E-state index contributed by atoms with van der Waals surface area (Å²) in [6.07, 6.45) is 7.06. The van der Waals surface area contributed by atoms with Crippen LogP contribution in [0.15, 0.2) is 11.4 Å². The number of hydrogen-bond donors (Lipinski definition) is 2. The predicted molar refractivity (Wildman–Crippen MR) is 106 cm³/mol. The highest BCUT2D eigenvalue weighted by molar-refractivity contribution is 8.00. The molecule has 2 amide bonds. The number of thiophene rings is 1. The van der Waals surface area contributed by atoms with Crippen LogP contribution in [0.1, 0.15) is 43.6 Å². The molecule has 6 nitrogen and oxygen atoms in total. The maximum Gasteiger partial charge on any atom is 0.242 e. The number of nitrogens with one attached hydrogen (secondary N) is 2. The van der Waals surface area contributed by atoms with Gasteiger partial charge in [-0.2, -0.15) is 0 Å². The predicted octanol–water partition coefficient (Wildman–Crippen LogP) is 2.69. The minimum atomic E-state index is -0.533. The van der Waals surface area contributed by atoms with Crippen LogP contribution >= 0.6 is 23.1 Å². The molecule has 2 aromatic rings. The number of thioether (sulfide) groups is 1. The summed E-state index contributed by atoms with van der Waals surface area (Å²) in [5.74, 6) is -0.0752. The second-order valence-electron chi connectivity index (χ2n) is 6.44. The van der Waals surface area contributed by atoms with Crippen molar-refractivity contribution < 1.29 is 9.59 Å². The van der Waals surface area contributed by atoms with Gasteiger partial charge < -0.3 is 10.6 Å². The fourth-order valence-electron chi connectivity index (χ4n) is 3.05. The fourth-order valence-corrected chi connectivity index (χ4v) is 5.19. The minimum Gasteiger partial charge on any atom is -0.354 e. The summed E-state index contributed by atoms with van der Waals surface area (Å²) in [6, 6.07) is -0.533. The number of amides is 2. The summed E-state index contributed by atoms with van der Waals surface area (Å²) in [5, 5.41) is 7.53. The summed E-state index contributed by atoms with van der Waals surface area (Å²) in [5.41, 5.74) is 1.37. The van der Waals surface area contributed by atoms with Crippen LogP contribution in [0.25, 0.3) is 10.2 Å². The highest BCUT2D eigenvalue weighted by Gasteiger charge is 2.21. The SMILES string of the molecule is CCCNC(=O)[C@H](C)NC(=O)CSc1ncnc2sc3c(c12)CCCC3. The molecule has 0 aliphatic heterocycles. The van der Waals surface area contributed by atoms with E-state index < -0.39 is 6.04 Å². The maximum absolute atomic E-state index is 12.2. The topological polar surface area (TPSA) is 84.0 Å². The van der Waals surface area contributed by atoms with Crippen molar-refractivity contribution in [1.29, 1.82) is 0 Å². The van der Waals surface area contributed by atoms with Gasteiger partial charge in [0.25, 0.3) is 0 Å². The Morgan fingerprint density at radius 3 is 2.92 bits per heavy atom. The lowest BCUT2D eigenvalue weighted by Crippen LogP contribution is -2.45. The summed E-state index contributed by atoms with van der Waals surface area (Å²) >= 11 is 3.17. The van der Waals surface area contributed by atoms with E-state index in [1.807, 2.05) is 6.92 Å². The van der Waals surface area contributed by atoms with Crippen molar-refractivity contribution in [3.8, 4) is 0 Å². The molecule has 0 radical (unpaired) electrons. The van der Waals surface area contributed by atoms with E-state index in [2.05, 4.69) is 20.6 Å². The molecule has 1 aliphatic rings. The van der Waals surface area contributed by atoms with Gasteiger partial charge in [0.15, 0.2) is 0 Å². The molecule has 3 rings (SSSR count). The van der Waals surface area contributed by atoms with Gasteiger partial charge in [-0.1, -0.05) is 18.7 Å². The molecule has 1 aliphatic carbocycles. The molecule has 26 heavy (non-hydrogen) atoms. The van der Waals surface area contributed by atoms with Gasteiger partial charge in [-0.25, -0.2) is 9.97 Å². The van der Waals surface area contributed by atoms with Gasteiger partial charge in [-0.3, -0.25) is 9.59 Å². The third-order valence-corrected chi connectivity index (χ3v) is 6.57. The number of aryl methyl sites for hydroxylation is 2. The van der Waals surface area contributed by atoms with Gasteiger partial charge in [0, 0.05) is 16.8 Å². The zero-order valence-corrected chi connectivity index (χ0v) is 16.8. The lowest BCUT2D eigenvalue weighted by atomic mass is 9.97. The number of fused-ring (bicyclic) bond motifs is 3. The average Bonchev–Trinajstić information content (AvgIpc) is 3.03. The normalized spacial score (nSPS) is 14.7. The first-order valence-corrected chi connectivity index (χ1v) is 10.9. The van der Waals surface area contributed by atoms with E-state index in [1.165, 1.54) is 35.0 Å². The first-order valence-electron chi connectivity index (χ1n) is 9.05. The van der Waals surface area contributed by atoms with E-state index in [-0.39, 0.29) is 17.6 Å². The molecule has 2 aromatic heterocycles. The quantitative estimate of drug-likeness (QED) is 0.559. The monoisotopic (exact) mass is 392 g/mol. The van der Waals surface area contributed by atoms with Crippen molar-refractivity contribution in [2.24, 2.45) is 0 Å². The average molecular weight is 393 g/mol. The van der Waals surface area contributed by atoms with Crippen LogP contribution in [-0.4, -0.2) is 40.1 Å². The minimum absolute atomic E-state index is 0.151. The molecule has 1 atom stereocenters. The lowest BCUT2D eigenvalue weighted by Gasteiger charge is -2.14. The molecule has 8 heteroatoms. The maximum atomic E-state index is 12.2. The van der Waals surface area contributed by atoms with Gasteiger partial charge in [0.1, 0.15) is 22.2 Å². The van der Waals surface area contributed by atoms with Crippen molar-refractivity contribution in [2.45, 2.75) is 57.0 Å². The van der Waals surface area contributed by atoms with Gasteiger partial charge in [0.05, 0.1) is 5.75 Å². The standard InChI is InChI=1S/C18H24N4O2S2/c1-3-8-19-16(24)11(2)22-14(23)9-25-17-15-12-6-4-5-7-13(12)26-18(15)21-10-20-17/h10-11H,3-9H2,1-2H3,(H,19,24)(H,22,23)/t11-/m0/s1. The highest BCUT2D eigenvalue weighted by Crippen LogP contribution is 2.39. The van der Waals surface area contributed by atoms with Crippen molar-refractivity contribution in [1.82, 2.24) is 20.6 Å². The summed E-state index contributed by atoms with van der Waals surface area (Å²) < 4.78 is 0. The zero-order chi connectivity index (χ0) is 18.5.